The molecule has 2 rings (SSSR count). The third-order valence-electron chi connectivity index (χ3n) is 5.75. The highest BCUT2D eigenvalue weighted by atomic mass is 16.3. The second-order valence-electron chi connectivity index (χ2n) is 7.77. The van der Waals surface area contributed by atoms with Crippen LogP contribution < -0.4 is 0 Å². The lowest BCUT2D eigenvalue weighted by molar-refractivity contribution is -0.0180. The summed E-state index contributed by atoms with van der Waals surface area (Å²) in [4.78, 5) is 0. The summed E-state index contributed by atoms with van der Waals surface area (Å²) in [7, 11) is 0. The van der Waals surface area contributed by atoms with Gasteiger partial charge in [-0.05, 0) is 48.9 Å². The fourth-order valence-electron chi connectivity index (χ4n) is 4.32. The zero-order chi connectivity index (χ0) is 13.2. The van der Waals surface area contributed by atoms with Crippen molar-refractivity contribution in [3.8, 4) is 0 Å². The molecule has 0 amide bonds. The third-order valence-corrected chi connectivity index (χ3v) is 5.75. The van der Waals surface area contributed by atoms with Crippen LogP contribution in [0.2, 0.25) is 0 Å². The van der Waals surface area contributed by atoms with E-state index >= 15 is 0 Å². The summed E-state index contributed by atoms with van der Waals surface area (Å²) < 4.78 is 0. The molecule has 0 aromatic heterocycles. The van der Waals surface area contributed by atoms with Gasteiger partial charge >= 0.3 is 0 Å². The maximum absolute atomic E-state index is 10.4. The summed E-state index contributed by atoms with van der Waals surface area (Å²) in [6, 6.07) is 0. The van der Waals surface area contributed by atoms with Crippen molar-refractivity contribution in [2.24, 2.45) is 23.2 Å². The molecule has 3 unspecified atom stereocenters. The van der Waals surface area contributed by atoms with Crippen LogP contribution in [0.3, 0.4) is 0 Å². The van der Waals surface area contributed by atoms with Gasteiger partial charge in [-0.3, -0.25) is 0 Å². The van der Waals surface area contributed by atoms with E-state index in [0.29, 0.717) is 11.3 Å². The Balaban J connectivity index is 1.84. The molecule has 0 radical (unpaired) electrons. The standard InChI is InChI=1S/C17H32O/c1-13-8-9-15(16(18)12-13)17(2,3)11-10-14-6-4-5-7-14/h13-16,18H,4-12H2,1-3H3. The van der Waals surface area contributed by atoms with E-state index in [4.69, 9.17) is 0 Å². The van der Waals surface area contributed by atoms with Crippen molar-refractivity contribution in [3.05, 3.63) is 0 Å². The van der Waals surface area contributed by atoms with E-state index in [1.54, 1.807) is 0 Å². The molecule has 2 aliphatic carbocycles. The summed E-state index contributed by atoms with van der Waals surface area (Å²) in [6.45, 7) is 7.07. The lowest BCUT2D eigenvalue weighted by atomic mass is 9.65. The SMILES string of the molecule is CC1CCC(C(C)(C)CCC2CCCC2)C(O)C1. The van der Waals surface area contributed by atoms with Gasteiger partial charge in [0.2, 0.25) is 0 Å². The van der Waals surface area contributed by atoms with E-state index in [2.05, 4.69) is 20.8 Å². The molecule has 0 saturated heterocycles. The zero-order valence-corrected chi connectivity index (χ0v) is 12.6. The first-order valence-corrected chi connectivity index (χ1v) is 8.17. The van der Waals surface area contributed by atoms with Gasteiger partial charge in [0.1, 0.15) is 0 Å². The Bertz CT molecular complexity index is 252. The number of hydrogen-bond donors (Lipinski definition) is 1. The topological polar surface area (TPSA) is 20.2 Å². The van der Waals surface area contributed by atoms with Crippen molar-refractivity contribution >= 4 is 0 Å². The molecule has 3 atom stereocenters. The van der Waals surface area contributed by atoms with Crippen LogP contribution in [0.1, 0.15) is 78.6 Å². The summed E-state index contributed by atoms with van der Waals surface area (Å²) >= 11 is 0. The molecule has 1 N–H and O–H groups in total. The first kappa shape index (κ1) is 14.4. The van der Waals surface area contributed by atoms with Gasteiger partial charge in [0.25, 0.3) is 0 Å². The maximum Gasteiger partial charge on any atom is 0.0576 e. The first-order chi connectivity index (χ1) is 8.49. The predicted octanol–water partition coefficient (Wildman–Crippen LogP) is 4.78. The smallest absolute Gasteiger partial charge is 0.0576 e. The summed E-state index contributed by atoms with van der Waals surface area (Å²) in [6.07, 6.45) is 12.1. The number of aliphatic hydroxyl groups excluding tert-OH is 1. The van der Waals surface area contributed by atoms with Crippen molar-refractivity contribution in [3.63, 3.8) is 0 Å². The highest BCUT2D eigenvalue weighted by molar-refractivity contribution is 4.88. The van der Waals surface area contributed by atoms with Crippen LogP contribution in [0.4, 0.5) is 0 Å². The van der Waals surface area contributed by atoms with Crippen LogP contribution in [0.5, 0.6) is 0 Å². The Morgan fingerprint density at radius 1 is 1.06 bits per heavy atom. The third kappa shape index (κ3) is 3.50. The minimum Gasteiger partial charge on any atom is -0.393 e. The largest absolute Gasteiger partial charge is 0.393 e. The van der Waals surface area contributed by atoms with Crippen molar-refractivity contribution in [1.82, 2.24) is 0 Å². The quantitative estimate of drug-likeness (QED) is 0.763. The van der Waals surface area contributed by atoms with Crippen LogP contribution in [-0.2, 0) is 0 Å². The van der Waals surface area contributed by atoms with Gasteiger partial charge in [-0.2, -0.15) is 0 Å². The lowest BCUT2D eigenvalue weighted by Gasteiger charge is -2.42. The van der Waals surface area contributed by atoms with E-state index in [1.807, 2.05) is 0 Å². The summed E-state index contributed by atoms with van der Waals surface area (Å²) in [5, 5.41) is 10.4. The molecule has 18 heavy (non-hydrogen) atoms. The second kappa shape index (κ2) is 5.94. The van der Waals surface area contributed by atoms with E-state index in [9.17, 15) is 5.11 Å². The Kier molecular flexibility index (Phi) is 4.75. The number of aliphatic hydroxyl groups is 1. The van der Waals surface area contributed by atoms with Gasteiger partial charge in [0, 0.05) is 0 Å². The van der Waals surface area contributed by atoms with E-state index < -0.39 is 0 Å². The van der Waals surface area contributed by atoms with E-state index in [-0.39, 0.29) is 6.10 Å². The molecule has 2 fully saturated rings. The average molecular weight is 252 g/mol. The zero-order valence-electron chi connectivity index (χ0n) is 12.6. The summed E-state index contributed by atoms with van der Waals surface area (Å²) in [5.74, 6) is 2.25. The van der Waals surface area contributed by atoms with Crippen molar-refractivity contribution < 1.29 is 5.11 Å². The maximum atomic E-state index is 10.4. The second-order valence-corrected chi connectivity index (χ2v) is 7.77. The first-order valence-electron chi connectivity index (χ1n) is 8.17. The predicted molar refractivity (Wildman–Crippen MR) is 77.5 cm³/mol. The number of hydrogen-bond acceptors (Lipinski definition) is 1. The van der Waals surface area contributed by atoms with E-state index in [0.717, 1.165) is 18.3 Å². The van der Waals surface area contributed by atoms with Gasteiger partial charge in [-0.1, -0.05) is 52.9 Å². The molecule has 0 aromatic rings. The minimum atomic E-state index is -0.0488. The molecule has 0 spiro atoms. The molecule has 2 aliphatic rings. The summed E-state index contributed by atoms with van der Waals surface area (Å²) in [5.41, 5.74) is 0.335. The van der Waals surface area contributed by atoms with Crippen molar-refractivity contribution in [2.75, 3.05) is 0 Å². The fourth-order valence-corrected chi connectivity index (χ4v) is 4.32. The van der Waals surface area contributed by atoms with E-state index in [1.165, 1.54) is 51.4 Å². The van der Waals surface area contributed by atoms with Gasteiger partial charge < -0.3 is 5.11 Å². The molecule has 1 heteroatoms. The lowest BCUT2D eigenvalue weighted by Crippen LogP contribution is -2.38. The van der Waals surface area contributed by atoms with Crippen LogP contribution in [0.25, 0.3) is 0 Å². The van der Waals surface area contributed by atoms with Gasteiger partial charge in [0.05, 0.1) is 6.10 Å². The monoisotopic (exact) mass is 252 g/mol. The minimum absolute atomic E-state index is 0.0488. The van der Waals surface area contributed by atoms with Gasteiger partial charge in [-0.15, -0.1) is 0 Å². The van der Waals surface area contributed by atoms with Crippen LogP contribution in [-0.4, -0.2) is 11.2 Å². The molecule has 0 aromatic carbocycles. The van der Waals surface area contributed by atoms with Gasteiger partial charge in [0.15, 0.2) is 0 Å². The average Bonchev–Trinajstić information content (AvgIpc) is 2.78. The molecule has 106 valence electrons. The van der Waals surface area contributed by atoms with Crippen LogP contribution in [0, 0.1) is 23.2 Å². The number of rotatable bonds is 4. The Hall–Kier alpha value is -0.0400. The normalized spacial score (nSPS) is 35.0. The molecule has 0 heterocycles. The molecular formula is C17H32O. The molecule has 2 saturated carbocycles. The fraction of sp³-hybridized carbons (Fsp3) is 1.00. The highest BCUT2D eigenvalue weighted by Crippen LogP contribution is 2.44. The Labute approximate surface area is 113 Å². The molecule has 0 bridgehead atoms. The Morgan fingerprint density at radius 2 is 1.72 bits per heavy atom. The molecule has 1 nitrogen and oxygen atoms in total. The van der Waals surface area contributed by atoms with Crippen molar-refractivity contribution in [1.29, 1.82) is 0 Å². The molecule has 0 aliphatic heterocycles. The van der Waals surface area contributed by atoms with Gasteiger partial charge in [-0.25, -0.2) is 0 Å². The highest BCUT2D eigenvalue weighted by Gasteiger charge is 2.38. The van der Waals surface area contributed by atoms with Crippen LogP contribution in [0.15, 0.2) is 0 Å². The van der Waals surface area contributed by atoms with Crippen LogP contribution >= 0.6 is 0 Å². The Morgan fingerprint density at radius 3 is 2.33 bits per heavy atom. The molecular weight excluding hydrogens is 220 g/mol. The van der Waals surface area contributed by atoms with Crippen molar-refractivity contribution in [2.45, 2.75) is 84.7 Å².